The molecule has 1 spiro atoms. The van der Waals surface area contributed by atoms with Crippen LogP contribution in [0, 0.1) is 5.92 Å². The average Bonchev–Trinajstić information content (AvgIpc) is 3.07. The number of carbonyl (C=O) groups excluding carboxylic acids is 2. The van der Waals surface area contributed by atoms with Crippen LogP contribution in [0.25, 0.3) is 0 Å². The summed E-state index contributed by atoms with van der Waals surface area (Å²) in [5, 5.41) is 3.18. The van der Waals surface area contributed by atoms with Crippen molar-refractivity contribution in [3.8, 4) is 0 Å². The molecule has 1 N–H and O–H groups in total. The number of hydrogen-bond acceptors (Lipinski definition) is 4. The number of likely N-dealkylation sites (tertiary alicyclic amines) is 2. The van der Waals surface area contributed by atoms with E-state index in [-0.39, 0.29) is 23.5 Å². The summed E-state index contributed by atoms with van der Waals surface area (Å²) in [5.74, 6) is 0.714. The molecule has 0 radical (unpaired) electrons. The summed E-state index contributed by atoms with van der Waals surface area (Å²) in [4.78, 5) is 28.3. The SMILES string of the molecule is CCCOC(=O)N1CCC(CN2CCC3(CC2)C[C@H](NC(C)=O)c2ccccc23)CC1. The number of hydrogen-bond donors (Lipinski definition) is 1. The lowest BCUT2D eigenvalue weighted by Gasteiger charge is -2.42. The van der Waals surface area contributed by atoms with Gasteiger partial charge in [-0.15, -0.1) is 0 Å². The van der Waals surface area contributed by atoms with E-state index >= 15 is 0 Å². The van der Waals surface area contributed by atoms with Crippen molar-refractivity contribution in [2.24, 2.45) is 5.92 Å². The zero-order valence-corrected chi connectivity index (χ0v) is 19.1. The third-order valence-corrected chi connectivity index (χ3v) is 7.51. The maximum absolute atomic E-state index is 12.1. The van der Waals surface area contributed by atoms with E-state index in [9.17, 15) is 9.59 Å². The number of fused-ring (bicyclic) bond motifs is 2. The first-order valence-corrected chi connectivity index (χ1v) is 12.0. The molecule has 6 nitrogen and oxygen atoms in total. The van der Waals surface area contributed by atoms with Crippen LogP contribution in [0.1, 0.15) is 69.5 Å². The van der Waals surface area contributed by atoms with E-state index in [0.717, 1.165) is 71.2 Å². The average molecular weight is 428 g/mol. The Morgan fingerprint density at radius 1 is 1.13 bits per heavy atom. The Kier molecular flexibility index (Phi) is 6.85. The fraction of sp³-hybridized carbons (Fsp3) is 0.680. The molecular formula is C25H37N3O3. The van der Waals surface area contributed by atoms with Crippen molar-refractivity contribution in [3.05, 3.63) is 35.4 Å². The largest absolute Gasteiger partial charge is 0.449 e. The summed E-state index contributed by atoms with van der Waals surface area (Å²) in [6.07, 6.45) is 6.19. The number of rotatable bonds is 5. The molecule has 0 saturated carbocycles. The minimum absolute atomic E-state index is 0.0548. The second-order valence-corrected chi connectivity index (χ2v) is 9.67. The van der Waals surface area contributed by atoms with E-state index in [4.69, 9.17) is 4.74 Å². The highest BCUT2D eigenvalue weighted by atomic mass is 16.6. The Bertz CT molecular complexity index is 780. The summed E-state index contributed by atoms with van der Waals surface area (Å²) >= 11 is 0. The van der Waals surface area contributed by atoms with E-state index in [1.807, 2.05) is 11.8 Å². The molecule has 2 saturated heterocycles. The number of benzene rings is 1. The molecule has 1 aromatic carbocycles. The van der Waals surface area contributed by atoms with Gasteiger partial charge in [0.1, 0.15) is 0 Å². The first-order valence-electron chi connectivity index (χ1n) is 12.0. The first-order chi connectivity index (χ1) is 15.0. The molecule has 0 unspecified atom stereocenters. The van der Waals surface area contributed by atoms with Crippen molar-refractivity contribution in [1.82, 2.24) is 15.1 Å². The Labute approximate surface area is 186 Å². The van der Waals surface area contributed by atoms with Crippen molar-refractivity contribution in [1.29, 1.82) is 0 Å². The topological polar surface area (TPSA) is 61.9 Å². The number of amides is 2. The third-order valence-electron chi connectivity index (χ3n) is 7.51. The van der Waals surface area contributed by atoms with Gasteiger partial charge in [0.05, 0.1) is 12.6 Å². The van der Waals surface area contributed by atoms with Crippen LogP contribution in [0.15, 0.2) is 24.3 Å². The molecule has 3 aliphatic rings. The maximum Gasteiger partial charge on any atom is 0.409 e. The summed E-state index contributed by atoms with van der Waals surface area (Å²) in [6, 6.07) is 8.85. The number of carbonyl (C=O) groups is 2. The minimum Gasteiger partial charge on any atom is -0.449 e. The van der Waals surface area contributed by atoms with Crippen molar-refractivity contribution in [2.75, 3.05) is 39.3 Å². The quantitative estimate of drug-likeness (QED) is 0.775. The van der Waals surface area contributed by atoms with Gasteiger partial charge in [-0.2, -0.15) is 0 Å². The molecule has 1 atom stereocenters. The van der Waals surface area contributed by atoms with Crippen LogP contribution in [0.2, 0.25) is 0 Å². The normalized spacial score (nSPS) is 23.5. The van der Waals surface area contributed by atoms with E-state index in [0.29, 0.717) is 12.5 Å². The van der Waals surface area contributed by atoms with Gasteiger partial charge in [-0.25, -0.2) is 4.79 Å². The maximum atomic E-state index is 12.1. The van der Waals surface area contributed by atoms with E-state index in [2.05, 4.69) is 34.5 Å². The molecule has 0 aromatic heterocycles. The highest BCUT2D eigenvalue weighted by Gasteiger charge is 2.45. The number of nitrogens with one attached hydrogen (secondary N) is 1. The minimum atomic E-state index is -0.145. The highest BCUT2D eigenvalue weighted by Crippen LogP contribution is 2.50. The summed E-state index contributed by atoms with van der Waals surface area (Å²) in [5.41, 5.74) is 2.97. The number of piperidine rings is 2. The van der Waals surface area contributed by atoms with E-state index in [1.165, 1.54) is 11.1 Å². The molecule has 1 aliphatic carbocycles. The fourth-order valence-electron chi connectivity index (χ4n) is 5.85. The molecule has 170 valence electrons. The van der Waals surface area contributed by atoms with Gasteiger partial charge in [-0.1, -0.05) is 31.2 Å². The van der Waals surface area contributed by atoms with Crippen molar-refractivity contribution >= 4 is 12.0 Å². The van der Waals surface area contributed by atoms with Gasteiger partial charge in [0, 0.05) is 32.0 Å². The van der Waals surface area contributed by atoms with Crippen molar-refractivity contribution < 1.29 is 14.3 Å². The molecule has 2 aliphatic heterocycles. The molecule has 0 bridgehead atoms. The molecule has 6 heteroatoms. The standard InChI is InChI=1S/C25H37N3O3/c1-3-16-31-24(30)28-12-8-20(9-13-28)18-27-14-10-25(11-15-27)17-23(26-19(2)29)21-6-4-5-7-22(21)25/h4-7,20,23H,3,8-18H2,1-2H3,(H,26,29)/t23-/m0/s1. The fourth-order valence-corrected chi connectivity index (χ4v) is 5.85. The lowest BCUT2D eigenvalue weighted by atomic mass is 9.73. The Morgan fingerprint density at radius 3 is 2.52 bits per heavy atom. The molecule has 4 rings (SSSR count). The van der Waals surface area contributed by atoms with Crippen molar-refractivity contribution in [3.63, 3.8) is 0 Å². The predicted octanol–water partition coefficient (Wildman–Crippen LogP) is 3.86. The molecule has 2 amide bonds. The Morgan fingerprint density at radius 2 is 1.84 bits per heavy atom. The lowest BCUT2D eigenvalue weighted by molar-refractivity contribution is -0.119. The van der Waals surface area contributed by atoms with Crippen molar-refractivity contribution in [2.45, 2.75) is 63.8 Å². The van der Waals surface area contributed by atoms with Gasteiger partial charge in [0.15, 0.2) is 0 Å². The summed E-state index contributed by atoms with van der Waals surface area (Å²) < 4.78 is 5.28. The lowest BCUT2D eigenvalue weighted by Crippen LogP contribution is -2.46. The van der Waals surface area contributed by atoms with Gasteiger partial charge >= 0.3 is 6.09 Å². The van der Waals surface area contributed by atoms with Gasteiger partial charge in [0.2, 0.25) is 5.91 Å². The zero-order valence-electron chi connectivity index (χ0n) is 19.1. The van der Waals surface area contributed by atoms with Gasteiger partial charge in [-0.05, 0) is 68.7 Å². The molecule has 2 heterocycles. The molecule has 31 heavy (non-hydrogen) atoms. The van der Waals surface area contributed by atoms with Crippen LogP contribution >= 0.6 is 0 Å². The smallest absolute Gasteiger partial charge is 0.409 e. The van der Waals surface area contributed by atoms with Gasteiger partial charge in [0.25, 0.3) is 0 Å². The van der Waals surface area contributed by atoms with Crippen LogP contribution in [0.4, 0.5) is 4.79 Å². The van der Waals surface area contributed by atoms with E-state index in [1.54, 1.807) is 6.92 Å². The Balaban J connectivity index is 1.29. The zero-order chi connectivity index (χ0) is 21.8. The molecule has 2 fully saturated rings. The van der Waals surface area contributed by atoms with Gasteiger partial charge < -0.3 is 19.9 Å². The van der Waals surface area contributed by atoms with Gasteiger partial charge in [-0.3, -0.25) is 4.79 Å². The first kappa shape index (κ1) is 22.1. The summed E-state index contributed by atoms with van der Waals surface area (Å²) in [6.45, 7) is 9.13. The van der Waals surface area contributed by atoms with Crippen LogP contribution in [-0.4, -0.2) is 61.1 Å². The predicted molar refractivity (Wildman–Crippen MR) is 121 cm³/mol. The number of ether oxygens (including phenoxy) is 1. The van der Waals surface area contributed by atoms with Crippen LogP contribution < -0.4 is 5.32 Å². The molecular weight excluding hydrogens is 390 g/mol. The van der Waals surface area contributed by atoms with Crippen LogP contribution in [0.5, 0.6) is 0 Å². The molecule has 1 aromatic rings. The number of nitrogens with zero attached hydrogens (tertiary/aromatic N) is 2. The van der Waals surface area contributed by atoms with Crippen LogP contribution in [0.3, 0.4) is 0 Å². The third kappa shape index (κ3) is 4.89. The second kappa shape index (κ2) is 9.60. The van der Waals surface area contributed by atoms with E-state index < -0.39 is 0 Å². The van der Waals surface area contributed by atoms with Crippen LogP contribution in [-0.2, 0) is 14.9 Å². The second-order valence-electron chi connectivity index (χ2n) is 9.67. The monoisotopic (exact) mass is 427 g/mol. The summed E-state index contributed by atoms with van der Waals surface area (Å²) in [7, 11) is 0. The Hall–Kier alpha value is -2.08. The highest BCUT2D eigenvalue weighted by molar-refractivity contribution is 5.74.